The van der Waals surface area contributed by atoms with Crippen LogP contribution < -0.4 is 5.32 Å². The van der Waals surface area contributed by atoms with E-state index in [9.17, 15) is 9.90 Å². The quantitative estimate of drug-likeness (QED) is 0.532. The van der Waals surface area contributed by atoms with Gasteiger partial charge in [0.05, 0.1) is 5.56 Å². The van der Waals surface area contributed by atoms with E-state index in [2.05, 4.69) is 51.6 Å². The SMILES string of the molecule is Cl.O=C1NCc2c(CCCO)ccc(-c3cc4cc(CN5CCCCC5)ccc4[nH]3)c21. The molecular weight excluding hydrogens is 410 g/mol. The summed E-state index contributed by atoms with van der Waals surface area (Å²) in [6.45, 7) is 4.14. The topological polar surface area (TPSA) is 68.4 Å². The minimum absolute atomic E-state index is 0. The van der Waals surface area contributed by atoms with E-state index in [4.69, 9.17) is 0 Å². The number of carbonyl (C=O) groups excluding carboxylic acids is 1. The highest BCUT2D eigenvalue weighted by Crippen LogP contribution is 2.33. The molecule has 3 heterocycles. The van der Waals surface area contributed by atoms with E-state index in [0.29, 0.717) is 13.0 Å². The first-order valence-electron chi connectivity index (χ1n) is 11.1. The van der Waals surface area contributed by atoms with Crippen LogP contribution in [-0.4, -0.2) is 40.6 Å². The van der Waals surface area contributed by atoms with Gasteiger partial charge in [-0.2, -0.15) is 0 Å². The normalized spacial score (nSPS) is 16.2. The van der Waals surface area contributed by atoms with Crippen molar-refractivity contribution < 1.29 is 9.90 Å². The third-order valence-electron chi connectivity index (χ3n) is 6.50. The molecule has 0 bridgehead atoms. The molecule has 0 atom stereocenters. The molecule has 2 aliphatic rings. The van der Waals surface area contributed by atoms with Crippen LogP contribution in [0, 0.1) is 0 Å². The molecule has 0 saturated carbocycles. The second-order valence-electron chi connectivity index (χ2n) is 8.58. The van der Waals surface area contributed by atoms with Gasteiger partial charge >= 0.3 is 0 Å². The van der Waals surface area contributed by atoms with E-state index in [0.717, 1.165) is 46.4 Å². The van der Waals surface area contributed by atoms with Crippen molar-refractivity contribution in [1.82, 2.24) is 15.2 Å². The number of halogens is 1. The zero-order valence-corrected chi connectivity index (χ0v) is 18.6. The molecule has 0 radical (unpaired) electrons. The lowest BCUT2D eigenvalue weighted by atomic mass is 9.94. The number of carbonyl (C=O) groups is 1. The van der Waals surface area contributed by atoms with Crippen molar-refractivity contribution in [3.63, 3.8) is 0 Å². The van der Waals surface area contributed by atoms with Gasteiger partial charge in [-0.05, 0) is 73.7 Å². The van der Waals surface area contributed by atoms with Crippen molar-refractivity contribution in [3.8, 4) is 11.3 Å². The molecule has 3 aromatic rings. The number of nitrogens with one attached hydrogen (secondary N) is 2. The Morgan fingerprint density at radius 2 is 1.87 bits per heavy atom. The number of aryl methyl sites for hydroxylation is 1. The van der Waals surface area contributed by atoms with Crippen LogP contribution in [-0.2, 0) is 19.5 Å². The Balaban J connectivity index is 0.00000231. The van der Waals surface area contributed by atoms with Gasteiger partial charge in [0.25, 0.3) is 5.91 Å². The second-order valence-corrected chi connectivity index (χ2v) is 8.58. The van der Waals surface area contributed by atoms with Gasteiger partial charge in [0, 0.05) is 41.9 Å². The third kappa shape index (κ3) is 4.36. The number of piperidine rings is 1. The molecule has 5 nitrogen and oxygen atoms in total. The summed E-state index contributed by atoms with van der Waals surface area (Å²) in [5.74, 6) is -0.00436. The van der Waals surface area contributed by atoms with Crippen LogP contribution in [0.2, 0.25) is 0 Å². The van der Waals surface area contributed by atoms with Crippen LogP contribution in [0.4, 0.5) is 0 Å². The summed E-state index contributed by atoms with van der Waals surface area (Å²) >= 11 is 0. The molecule has 1 aromatic heterocycles. The lowest BCUT2D eigenvalue weighted by Gasteiger charge is -2.26. The second kappa shape index (κ2) is 9.43. The average molecular weight is 440 g/mol. The van der Waals surface area contributed by atoms with E-state index in [1.807, 2.05) is 0 Å². The van der Waals surface area contributed by atoms with E-state index < -0.39 is 0 Å². The summed E-state index contributed by atoms with van der Waals surface area (Å²) in [6, 6.07) is 13.0. The number of aromatic nitrogens is 1. The zero-order valence-electron chi connectivity index (χ0n) is 17.7. The van der Waals surface area contributed by atoms with Gasteiger partial charge in [0.2, 0.25) is 0 Å². The Labute approximate surface area is 189 Å². The number of aliphatic hydroxyl groups is 1. The van der Waals surface area contributed by atoms with Gasteiger partial charge in [0.1, 0.15) is 0 Å². The number of rotatable bonds is 6. The maximum absolute atomic E-state index is 12.6. The average Bonchev–Trinajstić information content (AvgIpc) is 3.37. The number of benzene rings is 2. The molecule has 2 aliphatic heterocycles. The van der Waals surface area contributed by atoms with Gasteiger partial charge in [-0.25, -0.2) is 0 Å². The third-order valence-corrected chi connectivity index (χ3v) is 6.50. The van der Waals surface area contributed by atoms with Gasteiger partial charge in [0.15, 0.2) is 0 Å². The summed E-state index contributed by atoms with van der Waals surface area (Å²) in [4.78, 5) is 18.7. The van der Waals surface area contributed by atoms with Crippen LogP contribution in [0.15, 0.2) is 36.4 Å². The first-order valence-corrected chi connectivity index (χ1v) is 11.1. The van der Waals surface area contributed by atoms with Crippen LogP contribution in [0.1, 0.15) is 52.7 Å². The summed E-state index contributed by atoms with van der Waals surface area (Å²) < 4.78 is 0. The van der Waals surface area contributed by atoms with Crippen molar-refractivity contribution >= 4 is 29.2 Å². The Bertz CT molecular complexity index is 1090. The van der Waals surface area contributed by atoms with Crippen LogP contribution in [0.3, 0.4) is 0 Å². The molecule has 3 N–H and O–H groups in total. The van der Waals surface area contributed by atoms with E-state index >= 15 is 0 Å². The molecule has 6 heteroatoms. The number of hydrogen-bond donors (Lipinski definition) is 3. The Morgan fingerprint density at radius 1 is 1.03 bits per heavy atom. The summed E-state index contributed by atoms with van der Waals surface area (Å²) in [7, 11) is 0. The number of amides is 1. The van der Waals surface area contributed by atoms with E-state index in [1.54, 1.807) is 0 Å². The monoisotopic (exact) mass is 439 g/mol. The fourth-order valence-electron chi connectivity index (χ4n) is 4.94. The number of aliphatic hydroxyl groups excluding tert-OH is 1. The highest BCUT2D eigenvalue weighted by atomic mass is 35.5. The lowest BCUT2D eigenvalue weighted by Crippen LogP contribution is -2.28. The minimum Gasteiger partial charge on any atom is -0.396 e. The highest BCUT2D eigenvalue weighted by molar-refractivity contribution is 6.05. The van der Waals surface area contributed by atoms with E-state index in [1.165, 1.54) is 43.3 Å². The lowest BCUT2D eigenvalue weighted by molar-refractivity contribution is 0.0966. The fourth-order valence-corrected chi connectivity index (χ4v) is 4.94. The standard InChI is InChI=1S/C25H29N3O2.ClH/c29-12-4-5-18-7-8-20(24-21(18)15-26-25(24)30)23-14-19-13-17(6-9-22(19)27-23)16-28-10-2-1-3-11-28;/h6-9,13-14,27,29H,1-5,10-12,15-16H2,(H,26,30);1H. The number of H-pyrrole nitrogens is 1. The Kier molecular flexibility index (Phi) is 6.65. The van der Waals surface area contributed by atoms with Crippen LogP contribution in [0.25, 0.3) is 22.2 Å². The Hall–Kier alpha value is -2.34. The number of aromatic amines is 1. The van der Waals surface area contributed by atoms with Gasteiger partial charge < -0.3 is 15.4 Å². The molecule has 0 spiro atoms. The molecule has 0 unspecified atom stereocenters. The molecule has 5 rings (SSSR count). The predicted octanol–water partition coefficient (Wildman–Crippen LogP) is 4.41. The van der Waals surface area contributed by atoms with Crippen molar-refractivity contribution in [3.05, 3.63) is 58.7 Å². The largest absolute Gasteiger partial charge is 0.396 e. The molecule has 31 heavy (non-hydrogen) atoms. The molecule has 1 amide bonds. The first kappa shape index (κ1) is 21.9. The molecule has 0 aliphatic carbocycles. The fraction of sp³-hybridized carbons (Fsp3) is 0.400. The van der Waals surface area contributed by atoms with Gasteiger partial charge in [-0.15, -0.1) is 12.4 Å². The predicted molar refractivity (Wildman–Crippen MR) is 127 cm³/mol. The zero-order chi connectivity index (χ0) is 20.5. The summed E-state index contributed by atoms with van der Waals surface area (Å²) in [5.41, 5.74) is 7.41. The summed E-state index contributed by atoms with van der Waals surface area (Å²) in [6.07, 6.45) is 5.47. The first-order chi connectivity index (χ1) is 14.7. The van der Waals surface area contributed by atoms with Crippen molar-refractivity contribution in [2.75, 3.05) is 19.7 Å². The maximum atomic E-state index is 12.6. The molecule has 1 saturated heterocycles. The highest BCUT2D eigenvalue weighted by Gasteiger charge is 2.26. The minimum atomic E-state index is -0.00436. The number of likely N-dealkylation sites (tertiary alicyclic amines) is 1. The van der Waals surface area contributed by atoms with Crippen LogP contribution in [0.5, 0.6) is 0 Å². The van der Waals surface area contributed by atoms with Gasteiger partial charge in [-0.1, -0.05) is 24.6 Å². The molecule has 2 aromatic carbocycles. The number of hydrogen-bond acceptors (Lipinski definition) is 3. The van der Waals surface area contributed by atoms with Crippen molar-refractivity contribution in [2.24, 2.45) is 0 Å². The maximum Gasteiger partial charge on any atom is 0.252 e. The van der Waals surface area contributed by atoms with Crippen molar-refractivity contribution in [1.29, 1.82) is 0 Å². The van der Waals surface area contributed by atoms with Crippen LogP contribution >= 0.6 is 12.4 Å². The Morgan fingerprint density at radius 3 is 2.68 bits per heavy atom. The van der Waals surface area contributed by atoms with Gasteiger partial charge in [-0.3, -0.25) is 9.69 Å². The molecular formula is C25H30ClN3O2. The van der Waals surface area contributed by atoms with Crippen molar-refractivity contribution in [2.45, 2.75) is 45.2 Å². The number of nitrogens with zero attached hydrogens (tertiary/aromatic N) is 1. The molecule has 1 fully saturated rings. The molecule has 164 valence electrons. The summed E-state index contributed by atoms with van der Waals surface area (Å²) in [5, 5.41) is 13.3. The van der Waals surface area contributed by atoms with E-state index in [-0.39, 0.29) is 24.9 Å². The smallest absolute Gasteiger partial charge is 0.252 e. The number of fused-ring (bicyclic) bond motifs is 2.